The minimum Gasteiger partial charge on any atom is -0.370 e. The van der Waals surface area contributed by atoms with Crippen LogP contribution in [0.3, 0.4) is 0 Å². The fraction of sp³-hybridized carbons (Fsp3) is 0.524. The number of likely N-dealkylation sites (N-methyl/N-ethyl adjacent to an activating group) is 1. The fourth-order valence-electron chi connectivity index (χ4n) is 4.64. The second kappa shape index (κ2) is 7.59. The van der Waals surface area contributed by atoms with E-state index in [1.54, 1.807) is 12.1 Å². The number of aldehydes is 1. The van der Waals surface area contributed by atoms with Crippen LogP contribution in [-0.4, -0.2) is 68.2 Å². The lowest BCUT2D eigenvalue weighted by Crippen LogP contribution is -2.60. The van der Waals surface area contributed by atoms with E-state index in [0.29, 0.717) is 17.3 Å². The molecule has 1 aromatic carbocycles. The Morgan fingerprint density at radius 2 is 1.97 bits per heavy atom. The molecule has 3 aliphatic rings. The summed E-state index contributed by atoms with van der Waals surface area (Å²) in [6.45, 7) is 4.04. The van der Waals surface area contributed by atoms with Gasteiger partial charge in [0.25, 0.3) is 5.91 Å². The van der Waals surface area contributed by atoms with Gasteiger partial charge in [-0.2, -0.15) is 0 Å². The van der Waals surface area contributed by atoms with Crippen LogP contribution in [0.15, 0.2) is 18.2 Å². The molecule has 2 N–H and O–H groups in total. The first kappa shape index (κ1) is 19.6. The van der Waals surface area contributed by atoms with Gasteiger partial charge in [0.1, 0.15) is 6.04 Å². The highest BCUT2D eigenvalue weighted by Crippen LogP contribution is 2.41. The number of piperidine rings is 2. The number of hydrogen-bond acceptors (Lipinski definition) is 6. The van der Waals surface area contributed by atoms with Crippen LogP contribution in [0.25, 0.3) is 0 Å². The Labute approximate surface area is 169 Å². The monoisotopic (exact) mass is 398 g/mol. The lowest BCUT2D eigenvalue weighted by molar-refractivity contribution is -0.136. The average molecular weight is 398 g/mol. The largest absolute Gasteiger partial charge is 0.370 e. The zero-order chi connectivity index (χ0) is 20.6. The minimum atomic E-state index is -0.713. The summed E-state index contributed by atoms with van der Waals surface area (Å²) < 4.78 is 0. The van der Waals surface area contributed by atoms with Crippen LogP contribution in [-0.2, 0) is 9.59 Å². The van der Waals surface area contributed by atoms with Gasteiger partial charge >= 0.3 is 0 Å². The van der Waals surface area contributed by atoms with Gasteiger partial charge in [-0.05, 0) is 50.6 Å². The van der Waals surface area contributed by atoms with E-state index in [1.165, 1.54) is 11.9 Å². The highest BCUT2D eigenvalue weighted by atomic mass is 16.2. The number of benzene rings is 1. The molecule has 0 aliphatic carbocycles. The first-order valence-corrected chi connectivity index (χ1v) is 10.1. The number of anilines is 1. The quantitative estimate of drug-likeness (QED) is 0.568. The van der Waals surface area contributed by atoms with Gasteiger partial charge in [-0.25, -0.2) is 0 Å². The molecule has 3 saturated heterocycles. The first-order valence-electron chi connectivity index (χ1n) is 10.1. The Bertz CT molecular complexity index is 854. The molecule has 8 nitrogen and oxygen atoms in total. The topological polar surface area (TPSA) is 98.8 Å². The van der Waals surface area contributed by atoms with Gasteiger partial charge in [0.15, 0.2) is 6.29 Å². The van der Waals surface area contributed by atoms with E-state index in [1.807, 2.05) is 6.07 Å². The van der Waals surface area contributed by atoms with E-state index in [4.69, 9.17) is 0 Å². The molecular weight excluding hydrogens is 372 g/mol. The second-order valence-corrected chi connectivity index (χ2v) is 8.38. The molecule has 0 bridgehead atoms. The zero-order valence-corrected chi connectivity index (χ0v) is 16.6. The molecule has 3 heterocycles. The lowest BCUT2D eigenvalue weighted by Gasteiger charge is -2.53. The van der Waals surface area contributed by atoms with Gasteiger partial charge in [0.2, 0.25) is 11.8 Å². The third-order valence-corrected chi connectivity index (χ3v) is 6.47. The number of nitrogens with zero attached hydrogens (tertiary/aromatic N) is 2. The smallest absolute Gasteiger partial charge is 0.255 e. The van der Waals surface area contributed by atoms with Crippen LogP contribution in [0, 0.1) is 5.41 Å². The van der Waals surface area contributed by atoms with Crippen molar-refractivity contribution in [2.24, 2.45) is 5.41 Å². The molecule has 3 amide bonds. The van der Waals surface area contributed by atoms with Crippen LogP contribution in [0.1, 0.15) is 46.4 Å². The molecule has 1 atom stereocenters. The molecule has 4 rings (SSSR count). The average Bonchev–Trinajstić information content (AvgIpc) is 2.71. The maximum atomic E-state index is 12.9. The van der Waals surface area contributed by atoms with E-state index in [9.17, 15) is 19.2 Å². The predicted molar refractivity (Wildman–Crippen MR) is 107 cm³/mol. The summed E-state index contributed by atoms with van der Waals surface area (Å²) in [4.78, 5) is 51.6. The summed E-state index contributed by atoms with van der Waals surface area (Å²) in [7, 11) is 1.53. The highest BCUT2D eigenvalue weighted by Gasteiger charge is 2.43. The first-order chi connectivity index (χ1) is 13.9. The predicted octanol–water partition coefficient (Wildman–Crippen LogP) is 0.566. The Morgan fingerprint density at radius 3 is 2.62 bits per heavy atom. The molecule has 0 aromatic heterocycles. The Balaban J connectivity index is 1.48. The maximum Gasteiger partial charge on any atom is 0.255 e. The third-order valence-electron chi connectivity index (χ3n) is 6.47. The van der Waals surface area contributed by atoms with Crippen molar-refractivity contribution in [3.05, 3.63) is 29.3 Å². The van der Waals surface area contributed by atoms with Crippen molar-refractivity contribution in [1.29, 1.82) is 0 Å². The maximum absolute atomic E-state index is 12.9. The molecule has 8 heteroatoms. The normalized spacial score (nSPS) is 23.3. The number of carbonyl (C=O) groups excluding carboxylic acids is 4. The summed E-state index contributed by atoms with van der Waals surface area (Å²) >= 11 is 0. The van der Waals surface area contributed by atoms with Crippen molar-refractivity contribution in [2.75, 3.05) is 38.1 Å². The van der Waals surface area contributed by atoms with Crippen molar-refractivity contribution < 1.29 is 19.2 Å². The van der Waals surface area contributed by atoms with Crippen molar-refractivity contribution in [3.63, 3.8) is 0 Å². The van der Waals surface area contributed by atoms with Crippen LogP contribution >= 0.6 is 0 Å². The van der Waals surface area contributed by atoms with Crippen molar-refractivity contribution in [3.8, 4) is 0 Å². The van der Waals surface area contributed by atoms with E-state index in [-0.39, 0.29) is 24.3 Å². The van der Waals surface area contributed by atoms with Crippen LogP contribution in [0.5, 0.6) is 0 Å². The van der Waals surface area contributed by atoms with Gasteiger partial charge in [-0.15, -0.1) is 0 Å². The van der Waals surface area contributed by atoms with Gasteiger partial charge < -0.3 is 15.1 Å². The minimum absolute atomic E-state index is 0.194. The van der Waals surface area contributed by atoms with Crippen molar-refractivity contribution >= 4 is 29.7 Å². The zero-order valence-electron chi connectivity index (χ0n) is 16.6. The van der Waals surface area contributed by atoms with Crippen LogP contribution in [0.4, 0.5) is 5.69 Å². The summed E-state index contributed by atoms with van der Waals surface area (Å²) in [5.41, 5.74) is 1.90. The van der Waals surface area contributed by atoms with E-state index in [0.717, 1.165) is 44.7 Å². The Kier molecular flexibility index (Phi) is 5.12. The molecule has 154 valence electrons. The molecule has 29 heavy (non-hydrogen) atoms. The summed E-state index contributed by atoms with van der Waals surface area (Å²) in [5, 5.41) is 5.65. The lowest BCUT2D eigenvalue weighted by atomic mass is 9.72. The molecule has 3 fully saturated rings. The summed E-state index contributed by atoms with van der Waals surface area (Å²) in [6, 6.07) is 4.57. The van der Waals surface area contributed by atoms with Crippen LogP contribution < -0.4 is 15.5 Å². The number of carbonyl (C=O) groups is 4. The Hall–Kier alpha value is -2.74. The molecule has 1 unspecified atom stereocenters. The molecule has 1 aromatic rings. The van der Waals surface area contributed by atoms with Gasteiger partial charge in [0.05, 0.1) is 5.56 Å². The number of amides is 3. The number of nitrogens with one attached hydrogen (secondary N) is 2. The molecule has 1 spiro atoms. The fourth-order valence-corrected chi connectivity index (χ4v) is 4.64. The number of imide groups is 1. The van der Waals surface area contributed by atoms with Gasteiger partial charge in [0, 0.05) is 43.2 Å². The molecule has 0 saturated carbocycles. The number of hydrogen-bond donors (Lipinski definition) is 2. The molecule has 0 radical (unpaired) electrons. The van der Waals surface area contributed by atoms with E-state index in [2.05, 4.69) is 15.5 Å². The molecular formula is C21H26N4O4. The van der Waals surface area contributed by atoms with E-state index >= 15 is 0 Å². The van der Waals surface area contributed by atoms with Crippen molar-refractivity contribution in [2.45, 2.75) is 31.7 Å². The number of rotatable bonds is 4. The second-order valence-electron chi connectivity index (χ2n) is 8.38. The van der Waals surface area contributed by atoms with Crippen LogP contribution in [0.2, 0.25) is 0 Å². The molecule has 3 aliphatic heterocycles. The SMILES string of the molecule is CN(C(=O)c1ccc(N2CC3(CCNCC3)C2)cc1C=O)C1CCC(=O)NC1=O. The van der Waals surface area contributed by atoms with Crippen molar-refractivity contribution in [1.82, 2.24) is 15.5 Å². The standard InChI is InChI=1S/C21H26N4O4/c1-24(17-4-5-18(27)23-19(17)28)20(29)16-3-2-15(10-14(16)11-26)25-12-21(13-25)6-8-22-9-7-21/h2-3,10-11,17,22H,4-9,12-13H2,1H3,(H,23,27,28). The summed E-state index contributed by atoms with van der Waals surface area (Å²) in [5.74, 6) is -1.20. The Morgan fingerprint density at radius 1 is 1.24 bits per heavy atom. The highest BCUT2D eigenvalue weighted by molar-refractivity contribution is 6.06. The third kappa shape index (κ3) is 3.64. The van der Waals surface area contributed by atoms with Gasteiger partial charge in [-0.3, -0.25) is 24.5 Å². The summed E-state index contributed by atoms with van der Waals surface area (Å²) in [6.07, 6.45) is 3.50. The van der Waals surface area contributed by atoms with E-state index < -0.39 is 17.9 Å². The van der Waals surface area contributed by atoms with Gasteiger partial charge in [-0.1, -0.05) is 0 Å².